The van der Waals surface area contributed by atoms with Crippen LogP contribution in [0.15, 0.2) is 42.5 Å². The summed E-state index contributed by atoms with van der Waals surface area (Å²) in [4.78, 5) is 38.4. The number of carboxylic acid groups (broad SMARTS) is 1. The van der Waals surface area contributed by atoms with Crippen LogP contribution in [0.4, 0.5) is 4.79 Å². The van der Waals surface area contributed by atoms with Crippen LogP contribution in [0.25, 0.3) is 10.8 Å². The second kappa shape index (κ2) is 10.0. The predicted molar refractivity (Wildman–Crippen MR) is 122 cm³/mol. The SMILES string of the molecule is CC(C)(C)OC(=O)NC1CCN(C(=O)CC(Cc2cccc3ccccc23)C(=O)O)CC1. The molecule has 0 aromatic heterocycles. The van der Waals surface area contributed by atoms with Crippen LogP contribution in [0, 0.1) is 5.92 Å². The number of carbonyl (C=O) groups excluding carboxylic acids is 2. The van der Waals surface area contributed by atoms with Gasteiger partial charge in [0, 0.05) is 25.6 Å². The molecule has 2 aromatic carbocycles. The number of nitrogens with one attached hydrogen (secondary N) is 1. The van der Waals surface area contributed by atoms with E-state index in [4.69, 9.17) is 4.74 Å². The van der Waals surface area contributed by atoms with E-state index in [-0.39, 0.29) is 18.4 Å². The lowest BCUT2D eigenvalue weighted by molar-refractivity contribution is -0.146. The highest BCUT2D eigenvalue weighted by Gasteiger charge is 2.29. The van der Waals surface area contributed by atoms with Crippen molar-refractivity contribution in [1.82, 2.24) is 10.2 Å². The first kappa shape index (κ1) is 23.6. The number of likely N-dealkylation sites (tertiary alicyclic amines) is 1. The monoisotopic (exact) mass is 440 g/mol. The van der Waals surface area contributed by atoms with Gasteiger partial charge in [-0.05, 0) is 56.4 Å². The number of carboxylic acids is 1. The van der Waals surface area contributed by atoms with E-state index in [1.807, 2.05) is 63.2 Å². The van der Waals surface area contributed by atoms with Gasteiger partial charge in [0.25, 0.3) is 0 Å². The molecular formula is C25H32N2O5. The Bertz CT molecular complexity index is 968. The smallest absolute Gasteiger partial charge is 0.407 e. The summed E-state index contributed by atoms with van der Waals surface area (Å²) in [6, 6.07) is 13.6. The maximum Gasteiger partial charge on any atom is 0.407 e. The van der Waals surface area contributed by atoms with E-state index < -0.39 is 23.6 Å². The van der Waals surface area contributed by atoms with Crippen LogP contribution in [0.3, 0.4) is 0 Å². The number of ether oxygens (including phenoxy) is 1. The summed E-state index contributed by atoms with van der Waals surface area (Å²) in [7, 11) is 0. The summed E-state index contributed by atoms with van der Waals surface area (Å²) in [5.41, 5.74) is 0.375. The first-order valence-electron chi connectivity index (χ1n) is 11.1. The molecule has 0 bridgehead atoms. The predicted octanol–water partition coefficient (Wildman–Crippen LogP) is 3.99. The van der Waals surface area contributed by atoms with Gasteiger partial charge in [0.15, 0.2) is 0 Å². The molecule has 0 saturated carbocycles. The van der Waals surface area contributed by atoms with Gasteiger partial charge in [-0.25, -0.2) is 4.79 Å². The zero-order valence-corrected chi connectivity index (χ0v) is 19.0. The van der Waals surface area contributed by atoms with Gasteiger partial charge in [-0.2, -0.15) is 0 Å². The maximum absolute atomic E-state index is 12.8. The highest BCUT2D eigenvalue weighted by molar-refractivity contribution is 5.87. The van der Waals surface area contributed by atoms with Gasteiger partial charge in [0.1, 0.15) is 5.60 Å². The summed E-state index contributed by atoms with van der Waals surface area (Å²) in [5, 5.41) is 14.7. The quantitative estimate of drug-likeness (QED) is 0.708. The number of nitrogens with zero attached hydrogens (tertiary/aromatic N) is 1. The lowest BCUT2D eigenvalue weighted by Crippen LogP contribution is -2.48. The third-order valence-corrected chi connectivity index (χ3v) is 5.69. The zero-order valence-electron chi connectivity index (χ0n) is 19.0. The Hall–Kier alpha value is -3.09. The fraction of sp³-hybridized carbons (Fsp3) is 0.480. The molecule has 2 amide bonds. The fourth-order valence-electron chi connectivity index (χ4n) is 4.07. The molecule has 1 unspecified atom stereocenters. The summed E-state index contributed by atoms with van der Waals surface area (Å²) in [6.45, 7) is 6.40. The van der Waals surface area contributed by atoms with Gasteiger partial charge in [0.2, 0.25) is 5.91 Å². The number of aliphatic carboxylic acids is 1. The minimum atomic E-state index is -0.965. The van der Waals surface area contributed by atoms with Crippen molar-refractivity contribution >= 4 is 28.7 Å². The normalized spacial score (nSPS) is 15.9. The zero-order chi connectivity index (χ0) is 23.3. The molecule has 1 aliphatic rings. The Morgan fingerprint density at radius 3 is 2.41 bits per heavy atom. The number of alkyl carbamates (subject to hydrolysis) is 1. The van der Waals surface area contributed by atoms with Crippen LogP contribution in [0.5, 0.6) is 0 Å². The van der Waals surface area contributed by atoms with E-state index in [0.717, 1.165) is 16.3 Å². The van der Waals surface area contributed by atoms with Crippen molar-refractivity contribution < 1.29 is 24.2 Å². The molecule has 32 heavy (non-hydrogen) atoms. The van der Waals surface area contributed by atoms with Crippen molar-refractivity contribution in [2.75, 3.05) is 13.1 Å². The number of piperidine rings is 1. The average Bonchev–Trinajstić information content (AvgIpc) is 2.72. The lowest BCUT2D eigenvalue weighted by Gasteiger charge is -2.33. The molecule has 1 saturated heterocycles. The van der Waals surface area contributed by atoms with E-state index in [2.05, 4.69) is 5.32 Å². The molecule has 0 spiro atoms. The molecule has 3 rings (SSSR count). The number of hydrogen-bond acceptors (Lipinski definition) is 4. The van der Waals surface area contributed by atoms with E-state index >= 15 is 0 Å². The van der Waals surface area contributed by atoms with Crippen LogP contribution < -0.4 is 5.32 Å². The third-order valence-electron chi connectivity index (χ3n) is 5.69. The number of fused-ring (bicyclic) bond motifs is 1. The molecule has 172 valence electrons. The lowest BCUT2D eigenvalue weighted by atomic mass is 9.92. The molecule has 1 atom stereocenters. The molecule has 2 aromatic rings. The number of rotatable bonds is 6. The largest absolute Gasteiger partial charge is 0.481 e. The minimum Gasteiger partial charge on any atom is -0.481 e. The standard InChI is InChI=1S/C25H32N2O5/c1-25(2,3)32-24(31)26-20-11-13-27(14-12-20)22(28)16-19(23(29)30)15-18-9-6-8-17-7-4-5-10-21(17)18/h4-10,19-20H,11-16H2,1-3H3,(H,26,31)(H,29,30). The van der Waals surface area contributed by atoms with E-state index in [0.29, 0.717) is 32.4 Å². The van der Waals surface area contributed by atoms with Crippen molar-refractivity contribution in [1.29, 1.82) is 0 Å². The Kier molecular flexibility index (Phi) is 7.38. The van der Waals surface area contributed by atoms with Gasteiger partial charge in [-0.3, -0.25) is 9.59 Å². The van der Waals surface area contributed by atoms with Gasteiger partial charge >= 0.3 is 12.1 Å². The molecule has 0 radical (unpaired) electrons. The highest BCUT2D eigenvalue weighted by Crippen LogP contribution is 2.24. The van der Waals surface area contributed by atoms with Gasteiger partial charge in [0.05, 0.1) is 5.92 Å². The number of hydrogen-bond donors (Lipinski definition) is 2. The average molecular weight is 441 g/mol. The van der Waals surface area contributed by atoms with Crippen LogP contribution in [-0.2, 0) is 20.7 Å². The second-order valence-corrected chi connectivity index (χ2v) is 9.38. The van der Waals surface area contributed by atoms with Crippen LogP contribution in [0.1, 0.15) is 45.6 Å². The van der Waals surface area contributed by atoms with Gasteiger partial charge in [-0.15, -0.1) is 0 Å². The van der Waals surface area contributed by atoms with Crippen molar-refractivity contribution in [2.24, 2.45) is 5.92 Å². The highest BCUT2D eigenvalue weighted by atomic mass is 16.6. The number of benzene rings is 2. The van der Waals surface area contributed by atoms with E-state index in [1.54, 1.807) is 4.90 Å². The summed E-state index contributed by atoms with van der Waals surface area (Å²) in [5.74, 6) is -1.91. The molecule has 1 aliphatic heterocycles. The Morgan fingerprint density at radius 1 is 1.09 bits per heavy atom. The first-order valence-corrected chi connectivity index (χ1v) is 11.1. The first-order chi connectivity index (χ1) is 15.1. The Balaban J connectivity index is 1.56. The Labute approximate surface area is 188 Å². The molecule has 2 N–H and O–H groups in total. The summed E-state index contributed by atoms with van der Waals surface area (Å²) >= 11 is 0. The van der Waals surface area contributed by atoms with Crippen molar-refractivity contribution in [2.45, 2.75) is 58.1 Å². The minimum absolute atomic E-state index is 0.0390. The summed E-state index contributed by atoms with van der Waals surface area (Å²) in [6.07, 6.45) is 1.04. The number of carbonyl (C=O) groups is 3. The topological polar surface area (TPSA) is 95.9 Å². The Morgan fingerprint density at radius 2 is 1.75 bits per heavy atom. The second-order valence-electron chi connectivity index (χ2n) is 9.38. The van der Waals surface area contributed by atoms with Crippen LogP contribution in [0.2, 0.25) is 0 Å². The molecular weight excluding hydrogens is 408 g/mol. The third kappa shape index (κ3) is 6.45. The van der Waals surface area contributed by atoms with Crippen molar-refractivity contribution in [3.05, 3.63) is 48.0 Å². The molecule has 1 fully saturated rings. The molecule has 0 aliphatic carbocycles. The molecule has 1 heterocycles. The van der Waals surface area contributed by atoms with Gasteiger partial charge < -0.3 is 20.1 Å². The van der Waals surface area contributed by atoms with Crippen molar-refractivity contribution in [3.63, 3.8) is 0 Å². The van der Waals surface area contributed by atoms with Crippen molar-refractivity contribution in [3.8, 4) is 0 Å². The summed E-state index contributed by atoms with van der Waals surface area (Å²) < 4.78 is 5.28. The van der Waals surface area contributed by atoms with E-state index in [9.17, 15) is 19.5 Å². The molecule has 7 nitrogen and oxygen atoms in total. The fourth-order valence-corrected chi connectivity index (χ4v) is 4.07. The maximum atomic E-state index is 12.8. The number of amides is 2. The van der Waals surface area contributed by atoms with Gasteiger partial charge in [-0.1, -0.05) is 42.5 Å². The van der Waals surface area contributed by atoms with Crippen LogP contribution in [-0.4, -0.2) is 52.7 Å². The van der Waals surface area contributed by atoms with E-state index in [1.165, 1.54) is 0 Å². The van der Waals surface area contributed by atoms with Crippen LogP contribution >= 0.6 is 0 Å². The molecule has 7 heteroatoms.